The van der Waals surface area contributed by atoms with Gasteiger partial charge in [-0.05, 0) is 37.0 Å². The van der Waals surface area contributed by atoms with Crippen LogP contribution in [-0.4, -0.2) is 14.5 Å². The van der Waals surface area contributed by atoms with Crippen LogP contribution in [0.2, 0.25) is 0 Å². The number of hydrogen-bond donors (Lipinski definition) is 1. The number of aromatic nitrogens is 2. The predicted molar refractivity (Wildman–Crippen MR) is 90.0 cm³/mol. The minimum Gasteiger partial charge on any atom is -0.386 e. The van der Waals surface area contributed by atoms with Gasteiger partial charge < -0.3 is 9.51 Å². The third kappa shape index (κ3) is 2.64. The van der Waals surface area contributed by atoms with Crippen LogP contribution in [0.1, 0.15) is 44.7 Å². The van der Waals surface area contributed by atoms with Gasteiger partial charge in [0.1, 0.15) is 5.65 Å². The van der Waals surface area contributed by atoms with Gasteiger partial charge in [-0.1, -0.05) is 44.2 Å². The van der Waals surface area contributed by atoms with Crippen molar-refractivity contribution in [2.45, 2.75) is 39.2 Å². The average Bonchev–Trinajstić information content (AvgIpc) is 2.90. The van der Waals surface area contributed by atoms with Gasteiger partial charge in [-0.15, -0.1) is 0 Å². The fraction of sp³-hybridized carbons (Fsp3) is 0.316. The number of fused-ring (bicyclic) bond motifs is 1. The molecule has 0 saturated carbocycles. The Kier molecular flexibility index (Phi) is 3.53. The normalized spacial score (nSPS) is 12.3. The molecule has 0 aliphatic heterocycles. The van der Waals surface area contributed by atoms with Crippen molar-refractivity contribution in [3.05, 3.63) is 59.9 Å². The Bertz CT molecular complexity index is 792. The van der Waals surface area contributed by atoms with Crippen LogP contribution in [-0.2, 0) is 5.60 Å². The van der Waals surface area contributed by atoms with Gasteiger partial charge in [0.05, 0.1) is 11.3 Å². The van der Waals surface area contributed by atoms with E-state index in [1.54, 1.807) is 13.8 Å². The lowest BCUT2D eigenvalue weighted by Gasteiger charge is -2.17. The first-order valence-corrected chi connectivity index (χ1v) is 7.67. The standard InChI is InChI=1S/C19H22N2O/c1-13(2)16-6-5-11-21-12-17(20-18(16)21)14-7-9-15(10-8-14)19(3,4)22/h5-13,22H,1-4H3. The first kappa shape index (κ1) is 14.8. The topological polar surface area (TPSA) is 37.5 Å². The Morgan fingerprint density at radius 2 is 1.77 bits per heavy atom. The Labute approximate surface area is 131 Å². The third-order valence-corrected chi connectivity index (χ3v) is 4.02. The second kappa shape index (κ2) is 5.25. The van der Waals surface area contributed by atoms with Crippen molar-refractivity contribution < 1.29 is 5.11 Å². The lowest BCUT2D eigenvalue weighted by atomic mass is 9.97. The minimum absolute atomic E-state index is 0.441. The molecule has 3 rings (SSSR count). The molecule has 2 aromatic heterocycles. The van der Waals surface area contributed by atoms with E-state index in [4.69, 9.17) is 4.98 Å². The zero-order valence-corrected chi connectivity index (χ0v) is 13.5. The summed E-state index contributed by atoms with van der Waals surface area (Å²) < 4.78 is 2.08. The van der Waals surface area contributed by atoms with Gasteiger partial charge in [0.15, 0.2) is 0 Å². The average molecular weight is 294 g/mol. The van der Waals surface area contributed by atoms with Crippen LogP contribution in [0, 0.1) is 0 Å². The van der Waals surface area contributed by atoms with Crippen LogP contribution in [0.25, 0.3) is 16.9 Å². The van der Waals surface area contributed by atoms with Crippen molar-refractivity contribution >= 4 is 5.65 Å². The van der Waals surface area contributed by atoms with Gasteiger partial charge in [-0.2, -0.15) is 0 Å². The summed E-state index contributed by atoms with van der Waals surface area (Å²) in [5.41, 5.74) is 4.37. The minimum atomic E-state index is -0.817. The number of imidazole rings is 1. The summed E-state index contributed by atoms with van der Waals surface area (Å²) in [5, 5.41) is 10.0. The van der Waals surface area contributed by atoms with E-state index in [1.807, 2.05) is 30.5 Å². The van der Waals surface area contributed by atoms with Crippen molar-refractivity contribution in [2.24, 2.45) is 0 Å². The first-order valence-electron chi connectivity index (χ1n) is 7.67. The van der Waals surface area contributed by atoms with Crippen LogP contribution < -0.4 is 0 Å². The molecule has 3 aromatic rings. The maximum absolute atomic E-state index is 10.0. The van der Waals surface area contributed by atoms with Gasteiger partial charge in [0, 0.05) is 18.0 Å². The van der Waals surface area contributed by atoms with E-state index in [9.17, 15) is 5.11 Å². The number of benzene rings is 1. The van der Waals surface area contributed by atoms with E-state index < -0.39 is 5.60 Å². The first-order chi connectivity index (χ1) is 10.4. The Balaban J connectivity index is 2.05. The van der Waals surface area contributed by atoms with Crippen molar-refractivity contribution in [1.29, 1.82) is 0 Å². The Morgan fingerprint density at radius 1 is 1.09 bits per heavy atom. The van der Waals surface area contributed by atoms with Gasteiger partial charge in [-0.3, -0.25) is 0 Å². The Morgan fingerprint density at radius 3 is 2.36 bits per heavy atom. The van der Waals surface area contributed by atoms with Crippen LogP contribution in [0.15, 0.2) is 48.8 Å². The molecule has 2 heterocycles. The molecule has 0 amide bonds. The van der Waals surface area contributed by atoms with E-state index in [0.29, 0.717) is 5.92 Å². The lowest BCUT2D eigenvalue weighted by Crippen LogP contribution is -2.14. The van der Waals surface area contributed by atoms with Crippen molar-refractivity contribution in [3.63, 3.8) is 0 Å². The summed E-state index contributed by atoms with van der Waals surface area (Å²) in [4.78, 5) is 4.80. The molecule has 0 bridgehead atoms. The molecule has 0 unspecified atom stereocenters. The highest BCUT2D eigenvalue weighted by Gasteiger charge is 2.16. The predicted octanol–water partition coefficient (Wildman–Crippen LogP) is 4.35. The molecule has 114 valence electrons. The molecule has 0 radical (unpaired) electrons. The zero-order chi connectivity index (χ0) is 15.9. The van der Waals surface area contributed by atoms with Gasteiger partial charge in [-0.25, -0.2) is 4.98 Å². The highest BCUT2D eigenvalue weighted by atomic mass is 16.3. The van der Waals surface area contributed by atoms with Gasteiger partial charge >= 0.3 is 0 Å². The molecule has 0 aliphatic carbocycles. The van der Waals surface area contributed by atoms with Gasteiger partial charge in [0.2, 0.25) is 0 Å². The van der Waals surface area contributed by atoms with Crippen LogP contribution in [0.5, 0.6) is 0 Å². The summed E-state index contributed by atoms with van der Waals surface area (Å²) in [6, 6.07) is 12.2. The fourth-order valence-corrected chi connectivity index (χ4v) is 2.67. The van der Waals surface area contributed by atoms with E-state index in [0.717, 1.165) is 22.5 Å². The lowest BCUT2D eigenvalue weighted by molar-refractivity contribution is 0.0786. The zero-order valence-electron chi connectivity index (χ0n) is 13.5. The molecule has 0 aliphatic rings. The largest absolute Gasteiger partial charge is 0.386 e. The molecule has 1 aromatic carbocycles. The van der Waals surface area contributed by atoms with Crippen LogP contribution in [0.4, 0.5) is 0 Å². The quantitative estimate of drug-likeness (QED) is 0.779. The van der Waals surface area contributed by atoms with E-state index >= 15 is 0 Å². The number of hydrogen-bond acceptors (Lipinski definition) is 2. The van der Waals surface area contributed by atoms with Crippen LogP contribution in [0.3, 0.4) is 0 Å². The molecule has 3 heteroatoms. The second-order valence-electron chi connectivity index (χ2n) is 6.61. The number of rotatable bonds is 3. The smallest absolute Gasteiger partial charge is 0.140 e. The highest BCUT2D eigenvalue weighted by molar-refractivity contribution is 5.65. The SMILES string of the molecule is CC(C)c1cccn2cc(-c3ccc(C(C)(C)O)cc3)nc12. The van der Waals surface area contributed by atoms with Crippen molar-refractivity contribution in [3.8, 4) is 11.3 Å². The van der Waals surface area contributed by atoms with Gasteiger partial charge in [0.25, 0.3) is 0 Å². The Hall–Kier alpha value is -2.13. The molecular weight excluding hydrogens is 272 g/mol. The van der Waals surface area contributed by atoms with E-state index in [-0.39, 0.29) is 0 Å². The number of nitrogens with zero attached hydrogens (tertiary/aromatic N) is 2. The van der Waals surface area contributed by atoms with Crippen molar-refractivity contribution in [2.75, 3.05) is 0 Å². The summed E-state index contributed by atoms with van der Waals surface area (Å²) in [7, 11) is 0. The second-order valence-corrected chi connectivity index (χ2v) is 6.61. The summed E-state index contributed by atoms with van der Waals surface area (Å²) >= 11 is 0. The molecule has 22 heavy (non-hydrogen) atoms. The number of aliphatic hydroxyl groups is 1. The van der Waals surface area contributed by atoms with Crippen LogP contribution >= 0.6 is 0 Å². The molecule has 3 nitrogen and oxygen atoms in total. The van der Waals surface area contributed by atoms with E-state index in [1.165, 1.54) is 5.56 Å². The van der Waals surface area contributed by atoms with Crippen molar-refractivity contribution in [1.82, 2.24) is 9.38 Å². The maximum atomic E-state index is 10.0. The molecule has 0 fully saturated rings. The van der Waals surface area contributed by atoms with E-state index in [2.05, 4.69) is 36.6 Å². The molecule has 0 spiro atoms. The summed E-state index contributed by atoms with van der Waals surface area (Å²) in [6.45, 7) is 7.95. The number of pyridine rings is 1. The molecule has 0 saturated heterocycles. The monoisotopic (exact) mass is 294 g/mol. The molecular formula is C19H22N2O. The summed E-state index contributed by atoms with van der Waals surface area (Å²) in [6.07, 6.45) is 4.09. The summed E-state index contributed by atoms with van der Waals surface area (Å²) in [5.74, 6) is 0.441. The maximum Gasteiger partial charge on any atom is 0.140 e. The highest BCUT2D eigenvalue weighted by Crippen LogP contribution is 2.26. The molecule has 0 atom stereocenters. The fourth-order valence-electron chi connectivity index (χ4n) is 2.67. The third-order valence-electron chi connectivity index (χ3n) is 4.02. The molecule has 1 N–H and O–H groups in total.